The van der Waals surface area contributed by atoms with E-state index in [9.17, 15) is 22.0 Å². The smallest absolute Gasteiger partial charge is 0.429 e. The molecule has 0 amide bonds. The zero-order chi connectivity index (χ0) is 28.6. The molecule has 0 saturated heterocycles. The molecule has 0 radical (unpaired) electrons. The lowest BCUT2D eigenvalue weighted by atomic mass is 9.77. The molecule has 2 aliphatic carbocycles. The molecule has 0 aliphatic heterocycles. The molecule has 0 atom stereocenters. The summed E-state index contributed by atoms with van der Waals surface area (Å²) in [4.78, 5) is 0. The SMILES string of the molecule is CCCCOC1CCC(/C=C/C2CCC(c3ccc(C(F)(F)Oc4ccc(OC(F)(F)F)cc4)cc3)CC2)CC1. The summed E-state index contributed by atoms with van der Waals surface area (Å²) in [5.74, 6) is 0.785. The van der Waals surface area contributed by atoms with Crippen LogP contribution in [0, 0.1) is 11.8 Å². The van der Waals surface area contributed by atoms with Crippen LogP contribution in [0.2, 0.25) is 0 Å². The van der Waals surface area contributed by atoms with Gasteiger partial charge < -0.3 is 14.2 Å². The van der Waals surface area contributed by atoms with Gasteiger partial charge in [-0.15, -0.1) is 13.2 Å². The van der Waals surface area contributed by atoms with Gasteiger partial charge in [0.1, 0.15) is 11.5 Å². The van der Waals surface area contributed by atoms with E-state index in [0.29, 0.717) is 23.9 Å². The Labute approximate surface area is 233 Å². The quantitative estimate of drug-likeness (QED) is 0.154. The van der Waals surface area contributed by atoms with E-state index in [1.54, 1.807) is 12.1 Å². The van der Waals surface area contributed by atoms with Crippen LogP contribution in [0.3, 0.4) is 0 Å². The third-order valence-electron chi connectivity index (χ3n) is 8.02. The molecule has 4 rings (SSSR count). The number of ether oxygens (including phenoxy) is 3. The van der Waals surface area contributed by atoms with Crippen LogP contribution in [-0.4, -0.2) is 19.1 Å². The highest BCUT2D eigenvalue weighted by molar-refractivity contribution is 5.33. The first-order valence-corrected chi connectivity index (χ1v) is 14.4. The molecular formula is C32H39F5O3. The highest BCUT2D eigenvalue weighted by atomic mass is 19.4. The molecule has 2 aromatic carbocycles. The number of hydrogen-bond acceptors (Lipinski definition) is 3. The Hall–Kier alpha value is -2.61. The van der Waals surface area contributed by atoms with Gasteiger partial charge in [0, 0.05) is 6.61 Å². The molecule has 0 bridgehead atoms. The van der Waals surface area contributed by atoms with Gasteiger partial charge in [0.2, 0.25) is 0 Å². The monoisotopic (exact) mass is 566 g/mol. The lowest BCUT2D eigenvalue weighted by molar-refractivity contribution is -0.274. The van der Waals surface area contributed by atoms with Gasteiger partial charge in [0.15, 0.2) is 0 Å². The van der Waals surface area contributed by atoms with Crippen LogP contribution in [0.15, 0.2) is 60.7 Å². The molecule has 40 heavy (non-hydrogen) atoms. The Morgan fingerprint density at radius 3 is 1.75 bits per heavy atom. The summed E-state index contributed by atoms with van der Waals surface area (Å²) in [5.41, 5.74) is 0.728. The molecule has 2 aliphatic rings. The van der Waals surface area contributed by atoms with Crippen molar-refractivity contribution >= 4 is 0 Å². The van der Waals surface area contributed by atoms with E-state index >= 15 is 0 Å². The molecule has 2 saturated carbocycles. The average Bonchev–Trinajstić information content (AvgIpc) is 2.93. The van der Waals surface area contributed by atoms with Crippen molar-refractivity contribution in [2.24, 2.45) is 11.8 Å². The number of rotatable bonds is 11. The summed E-state index contributed by atoms with van der Waals surface area (Å²) in [6.45, 7) is 3.06. The minimum atomic E-state index is -4.85. The van der Waals surface area contributed by atoms with Crippen LogP contribution in [0.25, 0.3) is 0 Å². The molecule has 0 aromatic heterocycles. The molecule has 0 heterocycles. The van der Waals surface area contributed by atoms with Gasteiger partial charge in [-0.05, 0) is 118 Å². The van der Waals surface area contributed by atoms with E-state index in [2.05, 4.69) is 23.8 Å². The Morgan fingerprint density at radius 2 is 1.23 bits per heavy atom. The minimum absolute atomic E-state index is 0.261. The second-order valence-corrected chi connectivity index (χ2v) is 11.0. The van der Waals surface area contributed by atoms with Crippen molar-refractivity contribution in [1.82, 2.24) is 0 Å². The van der Waals surface area contributed by atoms with E-state index in [-0.39, 0.29) is 11.3 Å². The Balaban J connectivity index is 1.22. The van der Waals surface area contributed by atoms with Crippen LogP contribution < -0.4 is 9.47 Å². The molecule has 220 valence electrons. The van der Waals surface area contributed by atoms with E-state index in [4.69, 9.17) is 9.47 Å². The molecule has 0 unspecified atom stereocenters. The first-order chi connectivity index (χ1) is 19.1. The summed E-state index contributed by atoms with van der Waals surface area (Å²) < 4.78 is 80.9. The zero-order valence-corrected chi connectivity index (χ0v) is 23.0. The fraction of sp³-hybridized carbons (Fsp3) is 0.562. The van der Waals surface area contributed by atoms with Crippen molar-refractivity contribution in [2.45, 2.75) is 95.6 Å². The average molecular weight is 567 g/mol. The summed E-state index contributed by atoms with van der Waals surface area (Å²) in [5, 5.41) is 0. The maximum absolute atomic E-state index is 14.7. The maximum Gasteiger partial charge on any atom is 0.573 e. The number of unbranched alkanes of at least 4 members (excludes halogenated alkanes) is 1. The van der Waals surface area contributed by atoms with Gasteiger partial charge >= 0.3 is 12.5 Å². The number of alkyl halides is 5. The summed E-state index contributed by atoms with van der Waals surface area (Å²) >= 11 is 0. The molecule has 2 fully saturated rings. The van der Waals surface area contributed by atoms with Crippen molar-refractivity contribution in [1.29, 1.82) is 0 Å². The molecule has 3 nitrogen and oxygen atoms in total. The minimum Gasteiger partial charge on any atom is -0.429 e. The molecule has 0 spiro atoms. The van der Waals surface area contributed by atoms with Crippen LogP contribution in [0.5, 0.6) is 11.5 Å². The van der Waals surface area contributed by atoms with Crippen LogP contribution in [0.4, 0.5) is 22.0 Å². The highest BCUT2D eigenvalue weighted by Gasteiger charge is 2.35. The van der Waals surface area contributed by atoms with E-state index in [1.807, 2.05) is 0 Å². The first-order valence-electron chi connectivity index (χ1n) is 14.4. The van der Waals surface area contributed by atoms with Crippen molar-refractivity contribution in [2.75, 3.05) is 6.61 Å². The van der Waals surface area contributed by atoms with Gasteiger partial charge in [-0.1, -0.05) is 37.6 Å². The van der Waals surface area contributed by atoms with Gasteiger partial charge in [-0.3, -0.25) is 0 Å². The summed E-state index contributed by atoms with van der Waals surface area (Å²) in [7, 11) is 0. The second-order valence-electron chi connectivity index (χ2n) is 11.0. The number of benzene rings is 2. The normalized spacial score (nSPS) is 24.2. The van der Waals surface area contributed by atoms with Crippen LogP contribution in [0.1, 0.15) is 88.2 Å². The Bertz CT molecular complexity index is 1050. The third kappa shape index (κ3) is 9.22. The standard InChI is InChI=1S/C32H39F5O3/c1-2-3-22-38-28-16-8-24(9-17-28)5-4-23-6-10-25(11-7-23)26-12-14-27(15-13-26)31(33,34)39-29-18-20-30(21-19-29)40-32(35,36)37/h4-5,12-15,18-21,23-25,28H,2-3,6-11,16-17,22H2,1H3/b5-4+. The largest absolute Gasteiger partial charge is 0.573 e. The van der Waals surface area contributed by atoms with E-state index in [0.717, 1.165) is 81.4 Å². The number of hydrogen-bond donors (Lipinski definition) is 0. The Kier molecular flexibility index (Phi) is 10.5. The van der Waals surface area contributed by atoms with Crippen molar-refractivity contribution in [3.05, 3.63) is 71.8 Å². The van der Waals surface area contributed by atoms with Gasteiger partial charge in [-0.2, -0.15) is 8.78 Å². The fourth-order valence-corrected chi connectivity index (χ4v) is 5.67. The van der Waals surface area contributed by atoms with E-state index in [1.165, 1.54) is 31.4 Å². The van der Waals surface area contributed by atoms with Gasteiger partial charge in [0.05, 0.1) is 11.7 Å². The lowest BCUT2D eigenvalue weighted by Crippen LogP contribution is -2.22. The van der Waals surface area contributed by atoms with Crippen molar-refractivity contribution < 1.29 is 36.2 Å². The van der Waals surface area contributed by atoms with Gasteiger partial charge in [0.25, 0.3) is 0 Å². The topological polar surface area (TPSA) is 27.7 Å². The first kappa shape index (κ1) is 30.4. The number of allylic oxidation sites excluding steroid dienone is 2. The molecule has 0 N–H and O–H groups in total. The molecule has 2 aromatic rings. The maximum atomic E-state index is 14.7. The number of halogens is 5. The second kappa shape index (κ2) is 13.8. The predicted octanol–water partition coefficient (Wildman–Crippen LogP) is 9.92. The van der Waals surface area contributed by atoms with Crippen LogP contribution >= 0.6 is 0 Å². The third-order valence-corrected chi connectivity index (χ3v) is 8.02. The Morgan fingerprint density at radius 1 is 0.700 bits per heavy atom. The fourth-order valence-electron chi connectivity index (χ4n) is 5.67. The van der Waals surface area contributed by atoms with Crippen LogP contribution in [-0.2, 0) is 10.8 Å². The summed E-state index contributed by atoms with van der Waals surface area (Å²) in [6.07, 6.45) is 7.98. The van der Waals surface area contributed by atoms with Crippen molar-refractivity contribution in [3.8, 4) is 11.5 Å². The predicted molar refractivity (Wildman–Crippen MR) is 145 cm³/mol. The van der Waals surface area contributed by atoms with Crippen molar-refractivity contribution in [3.63, 3.8) is 0 Å². The lowest BCUT2D eigenvalue weighted by Gasteiger charge is -2.29. The molecular weight excluding hydrogens is 527 g/mol. The highest BCUT2D eigenvalue weighted by Crippen LogP contribution is 2.39. The molecule has 8 heteroatoms. The zero-order valence-electron chi connectivity index (χ0n) is 23.0. The summed E-state index contributed by atoms with van der Waals surface area (Å²) in [6, 6.07) is 10.1. The van der Waals surface area contributed by atoms with Gasteiger partial charge in [-0.25, -0.2) is 0 Å². The van der Waals surface area contributed by atoms with E-state index < -0.39 is 18.2 Å².